The van der Waals surface area contributed by atoms with Gasteiger partial charge in [0.05, 0.1) is 22.5 Å². The van der Waals surface area contributed by atoms with E-state index in [-0.39, 0.29) is 0 Å². The van der Waals surface area contributed by atoms with Crippen LogP contribution in [-0.2, 0) is 25.2 Å². The Morgan fingerprint density at radius 2 is 0.667 bits per heavy atom. The van der Waals surface area contributed by atoms with Crippen LogP contribution in [-0.4, -0.2) is 29.7 Å². The van der Waals surface area contributed by atoms with Crippen molar-refractivity contribution in [3.05, 3.63) is 249 Å². The van der Waals surface area contributed by atoms with Crippen LogP contribution in [0.5, 0.6) is 0 Å². The number of halogens is 4. The van der Waals surface area contributed by atoms with Crippen molar-refractivity contribution in [3.8, 4) is 11.1 Å². The van der Waals surface area contributed by atoms with Crippen LogP contribution in [0.2, 0.25) is 0 Å². The lowest BCUT2D eigenvalue weighted by Gasteiger charge is -2.28. The maximum atomic E-state index is 16.7. The highest BCUT2D eigenvalue weighted by Crippen LogP contribution is 2.51. The summed E-state index contributed by atoms with van der Waals surface area (Å²) in [6, 6.07) is 54.2. The van der Waals surface area contributed by atoms with Crippen molar-refractivity contribution < 1.29 is 26.7 Å². The number of hydrogen-bond donors (Lipinski definition) is 0. The first kappa shape index (κ1) is 50.3. The SMILES string of the molecule is CCc1c(C)c2n(c1C)C(F)(F)[N+]1=C(C)C=C(C)C1=C2c1ccc(N(c2ccccc2)c2ccc(-c3ccc(N(c4ccccc4)c4ccc(C5=C6C(C)=CC(C)=[N+]6C(F)(F)n6c(C)c(CC)c(C)c65)cc4)cc3)cc2)cc1. The second-order valence-corrected chi connectivity index (χ2v) is 21.1. The van der Waals surface area contributed by atoms with Crippen LogP contribution in [0.25, 0.3) is 22.3 Å². The Hall–Kier alpha value is -8.50. The summed E-state index contributed by atoms with van der Waals surface area (Å²) in [5.74, 6) is 0. The average molecular weight is 1040 g/mol. The van der Waals surface area contributed by atoms with Crippen molar-refractivity contribution in [2.45, 2.75) is 94.4 Å². The molecule has 8 aromatic rings. The quantitative estimate of drug-likeness (QED) is 0.0732. The molecule has 6 heterocycles. The standard InChI is InChI=1S/C68H62F4N6/c1-11-59-45(7)65-61(63-41(3)39-43(5)75(63)67(69,70)77(65)47(59)9)51-27-35-57(36-28-51)73(53-19-15-13-16-20-53)55-31-23-49(24-32-55)50-25-33-56(34-26-50)74(54-21-17-14-18-22-54)58-37-29-52(30-38-58)62-64-42(4)40-44(6)76(64)68(71,72)78-48(10)60(12-2)46(8)66(62)78/h13-40H,11-12H2,1-10H3/q+2. The third kappa shape index (κ3) is 7.50. The van der Waals surface area contributed by atoms with Crippen LogP contribution in [0.4, 0.5) is 51.7 Å². The fourth-order valence-electron chi connectivity index (χ4n) is 13.2. The number of anilines is 6. The molecule has 10 heteroatoms. The van der Waals surface area contributed by atoms with Crippen molar-refractivity contribution in [3.63, 3.8) is 0 Å². The smallest absolute Gasteiger partial charge is 0.311 e. The van der Waals surface area contributed by atoms with Gasteiger partial charge in [-0.25, -0.2) is 9.13 Å². The molecule has 0 N–H and O–H groups in total. The number of para-hydroxylation sites is 2. The first-order valence-electron chi connectivity index (χ1n) is 26.9. The summed E-state index contributed by atoms with van der Waals surface area (Å²) in [6.45, 7) is 19.0. The van der Waals surface area contributed by atoms with Gasteiger partial charge in [-0.15, -0.1) is 26.7 Å². The molecule has 0 atom stereocenters. The molecule has 0 saturated heterocycles. The molecule has 0 saturated carbocycles. The number of nitrogens with zero attached hydrogens (tertiary/aromatic N) is 6. The van der Waals surface area contributed by atoms with E-state index < -0.39 is 12.3 Å². The molecule has 2 aromatic heterocycles. The largest absolute Gasteiger partial charge is 0.565 e. The number of alkyl halides is 4. The third-order valence-corrected chi connectivity index (χ3v) is 16.5. The first-order chi connectivity index (χ1) is 37.5. The van der Waals surface area contributed by atoms with E-state index in [9.17, 15) is 0 Å². The zero-order chi connectivity index (χ0) is 54.7. The van der Waals surface area contributed by atoms with Gasteiger partial charge in [0.2, 0.25) is 11.4 Å². The molecule has 78 heavy (non-hydrogen) atoms. The lowest BCUT2D eigenvalue weighted by atomic mass is 9.93. The molecule has 390 valence electrons. The third-order valence-electron chi connectivity index (χ3n) is 16.5. The van der Waals surface area contributed by atoms with Gasteiger partial charge in [0.1, 0.15) is 0 Å². The van der Waals surface area contributed by atoms with Crippen molar-refractivity contribution in [2.24, 2.45) is 0 Å². The lowest BCUT2D eigenvalue weighted by molar-refractivity contribution is -0.676. The Balaban J connectivity index is 0.867. The van der Waals surface area contributed by atoms with E-state index in [2.05, 4.69) is 131 Å². The Labute approximate surface area is 454 Å². The van der Waals surface area contributed by atoms with Crippen LogP contribution in [0.15, 0.2) is 192 Å². The van der Waals surface area contributed by atoms with Gasteiger partial charge in [-0.05, 0) is 172 Å². The summed E-state index contributed by atoms with van der Waals surface area (Å²) in [6.07, 6.45) is -1.47. The number of allylic oxidation sites excluding steroid dienone is 4. The van der Waals surface area contributed by atoms with E-state index in [1.54, 1.807) is 13.8 Å². The van der Waals surface area contributed by atoms with Crippen LogP contribution in [0.1, 0.15) is 97.7 Å². The normalized spacial score (nSPS) is 16.1. The minimum atomic E-state index is -3.26. The number of hydrogen-bond acceptors (Lipinski definition) is 2. The van der Waals surface area contributed by atoms with E-state index in [1.165, 1.54) is 18.3 Å². The molecule has 0 spiro atoms. The summed E-state index contributed by atoms with van der Waals surface area (Å²) < 4.78 is 71.6. The van der Waals surface area contributed by atoms with Gasteiger partial charge in [0.15, 0.2) is 11.4 Å². The predicted octanol–water partition coefficient (Wildman–Crippen LogP) is 17.7. The molecule has 4 aliphatic heterocycles. The Bertz CT molecular complexity index is 3700. The second kappa shape index (κ2) is 18.6. The Morgan fingerprint density at radius 3 is 0.962 bits per heavy atom. The summed E-state index contributed by atoms with van der Waals surface area (Å²) >= 11 is 0. The number of fused-ring (bicyclic) bond motifs is 4. The molecule has 4 aliphatic rings. The number of benzene rings is 6. The fraction of sp³-hybridized carbons (Fsp3) is 0.206. The molecule has 0 aliphatic carbocycles. The zero-order valence-corrected chi connectivity index (χ0v) is 45.8. The first-order valence-corrected chi connectivity index (χ1v) is 26.9. The highest BCUT2D eigenvalue weighted by molar-refractivity contribution is 5.98. The summed E-state index contributed by atoms with van der Waals surface area (Å²) in [4.78, 5) is 4.43. The summed E-state index contributed by atoms with van der Waals surface area (Å²) in [5.41, 5.74) is 21.0. The molecule has 6 aromatic carbocycles. The van der Waals surface area contributed by atoms with Crippen LogP contribution in [0, 0.1) is 27.7 Å². The van der Waals surface area contributed by atoms with E-state index in [4.69, 9.17) is 0 Å². The minimum Gasteiger partial charge on any atom is -0.311 e. The summed E-state index contributed by atoms with van der Waals surface area (Å²) in [5, 5.41) is 0. The van der Waals surface area contributed by atoms with Gasteiger partial charge in [0.25, 0.3) is 0 Å². The fourth-order valence-corrected chi connectivity index (χ4v) is 13.2. The van der Waals surface area contributed by atoms with Crippen LogP contribution >= 0.6 is 0 Å². The molecular weight excluding hydrogens is 977 g/mol. The van der Waals surface area contributed by atoms with Crippen LogP contribution in [0.3, 0.4) is 0 Å². The molecule has 0 radical (unpaired) electrons. The zero-order valence-electron chi connectivity index (χ0n) is 45.8. The van der Waals surface area contributed by atoms with Gasteiger partial charge in [-0.2, -0.15) is 0 Å². The lowest BCUT2D eigenvalue weighted by Crippen LogP contribution is -2.42. The highest BCUT2D eigenvalue weighted by Gasteiger charge is 2.59. The highest BCUT2D eigenvalue weighted by atomic mass is 19.3. The van der Waals surface area contributed by atoms with E-state index in [1.807, 2.05) is 104 Å². The Kier molecular flexibility index (Phi) is 12.0. The molecule has 0 unspecified atom stereocenters. The van der Waals surface area contributed by atoms with Crippen molar-refractivity contribution in [1.29, 1.82) is 0 Å². The van der Waals surface area contributed by atoms with E-state index in [0.717, 1.165) is 101 Å². The molecule has 0 bridgehead atoms. The molecule has 0 amide bonds. The van der Waals surface area contributed by atoms with Gasteiger partial charge in [0, 0.05) is 82.7 Å². The predicted molar refractivity (Wildman–Crippen MR) is 310 cm³/mol. The molecule has 12 rings (SSSR count). The van der Waals surface area contributed by atoms with Gasteiger partial charge < -0.3 is 9.80 Å². The van der Waals surface area contributed by atoms with E-state index in [0.29, 0.717) is 58.4 Å². The molecular formula is C68H62F4N6+2. The second-order valence-electron chi connectivity index (χ2n) is 21.1. The van der Waals surface area contributed by atoms with Gasteiger partial charge in [-0.1, -0.05) is 98.8 Å². The maximum absolute atomic E-state index is 16.7. The topological polar surface area (TPSA) is 22.4 Å². The van der Waals surface area contributed by atoms with Crippen molar-refractivity contribution in [2.75, 3.05) is 9.80 Å². The number of aromatic nitrogens is 2. The average Bonchev–Trinajstić information content (AvgIpc) is 4.25. The Morgan fingerprint density at radius 1 is 0.385 bits per heavy atom. The van der Waals surface area contributed by atoms with Gasteiger partial charge in [-0.3, -0.25) is 0 Å². The maximum Gasteiger partial charge on any atom is 0.565 e. The monoisotopic (exact) mass is 1040 g/mol. The van der Waals surface area contributed by atoms with Gasteiger partial charge >= 0.3 is 12.3 Å². The minimum absolute atomic E-state index is 0.519. The van der Waals surface area contributed by atoms with Crippen molar-refractivity contribution >= 4 is 56.7 Å². The molecule has 6 nitrogen and oxygen atoms in total. The van der Waals surface area contributed by atoms with E-state index >= 15 is 17.6 Å². The summed E-state index contributed by atoms with van der Waals surface area (Å²) in [7, 11) is 0. The number of rotatable bonds is 11. The molecule has 0 fully saturated rings. The van der Waals surface area contributed by atoms with Crippen molar-refractivity contribution in [1.82, 2.24) is 9.13 Å². The van der Waals surface area contributed by atoms with Crippen LogP contribution < -0.4 is 9.80 Å².